The predicted molar refractivity (Wildman–Crippen MR) is 53.3 cm³/mol. The number of likely N-dealkylation sites (N-methyl/N-ethyl adjacent to an activating group) is 1. The molecule has 1 heterocycles. The highest BCUT2D eigenvalue weighted by atomic mass is 15.2. The Kier molecular flexibility index (Phi) is 4.33. The number of rotatable bonds is 4. The molecule has 0 saturated carbocycles. The lowest BCUT2D eigenvalue weighted by Gasteiger charge is -2.32. The molecule has 0 aromatic rings. The fourth-order valence-corrected chi connectivity index (χ4v) is 1.77. The van der Waals surface area contributed by atoms with Crippen LogP contribution in [0.1, 0.15) is 19.3 Å². The Labute approximate surface area is 75.6 Å². The maximum absolute atomic E-state index is 3.74. The summed E-state index contributed by atoms with van der Waals surface area (Å²) in [6, 6.07) is 0.712. The zero-order valence-electron chi connectivity index (χ0n) is 8.05. The van der Waals surface area contributed by atoms with Gasteiger partial charge in [0.2, 0.25) is 0 Å². The molecule has 70 valence electrons. The van der Waals surface area contributed by atoms with Crippen molar-refractivity contribution in [3.05, 3.63) is 12.7 Å². The molecule has 12 heavy (non-hydrogen) atoms. The molecule has 1 aliphatic rings. The van der Waals surface area contributed by atoms with Crippen molar-refractivity contribution in [2.75, 3.05) is 26.7 Å². The van der Waals surface area contributed by atoms with Crippen molar-refractivity contribution >= 4 is 0 Å². The third-order valence-electron chi connectivity index (χ3n) is 2.56. The van der Waals surface area contributed by atoms with Crippen LogP contribution in [0.5, 0.6) is 0 Å². The van der Waals surface area contributed by atoms with Gasteiger partial charge in [-0.25, -0.2) is 0 Å². The van der Waals surface area contributed by atoms with Gasteiger partial charge in [0.15, 0.2) is 0 Å². The molecule has 1 fully saturated rings. The first-order valence-corrected chi connectivity index (χ1v) is 4.87. The third-order valence-corrected chi connectivity index (χ3v) is 2.56. The minimum atomic E-state index is 0.712. The van der Waals surface area contributed by atoms with Gasteiger partial charge in [0.05, 0.1) is 0 Å². The predicted octanol–water partition coefficient (Wildman–Crippen LogP) is 1.25. The fraction of sp³-hybridized carbons (Fsp3) is 0.800. The van der Waals surface area contributed by atoms with Crippen LogP contribution in [0.2, 0.25) is 0 Å². The van der Waals surface area contributed by atoms with E-state index in [9.17, 15) is 0 Å². The van der Waals surface area contributed by atoms with E-state index in [1.807, 2.05) is 6.08 Å². The van der Waals surface area contributed by atoms with Gasteiger partial charge in [-0.2, -0.15) is 0 Å². The lowest BCUT2D eigenvalue weighted by atomic mass is 10.1. The number of hydrogen-bond acceptors (Lipinski definition) is 2. The van der Waals surface area contributed by atoms with Crippen molar-refractivity contribution in [3.8, 4) is 0 Å². The molecule has 0 amide bonds. The molecule has 1 N–H and O–H groups in total. The monoisotopic (exact) mass is 168 g/mol. The van der Waals surface area contributed by atoms with E-state index >= 15 is 0 Å². The minimum absolute atomic E-state index is 0.712. The Morgan fingerprint density at radius 2 is 2.50 bits per heavy atom. The molecule has 2 nitrogen and oxygen atoms in total. The molecular weight excluding hydrogens is 148 g/mol. The minimum Gasteiger partial charge on any atom is -0.316 e. The summed E-state index contributed by atoms with van der Waals surface area (Å²) in [6.45, 7) is 7.41. The first-order chi connectivity index (χ1) is 5.86. The van der Waals surface area contributed by atoms with Crippen molar-refractivity contribution in [3.63, 3.8) is 0 Å². The molecule has 1 unspecified atom stereocenters. The molecule has 0 aromatic heterocycles. The topological polar surface area (TPSA) is 15.3 Å². The first-order valence-electron chi connectivity index (χ1n) is 4.87. The van der Waals surface area contributed by atoms with Crippen molar-refractivity contribution in [1.29, 1.82) is 0 Å². The second-order valence-electron chi connectivity index (χ2n) is 3.51. The quantitative estimate of drug-likeness (QED) is 0.635. The number of likely N-dealkylation sites (tertiary alicyclic amines) is 1. The van der Waals surface area contributed by atoms with Crippen LogP contribution in [0.3, 0.4) is 0 Å². The van der Waals surface area contributed by atoms with E-state index in [0.717, 1.165) is 6.42 Å². The van der Waals surface area contributed by atoms with Gasteiger partial charge in [0.25, 0.3) is 0 Å². The number of hydrogen-bond donors (Lipinski definition) is 1. The van der Waals surface area contributed by atoms with Crippen molar-refractivity contribution in [2.45, 2.75) is 25.3 Å². The van der Waals surface area contributed by atoms with Gasteiger partial charge in [0.1, 0.15) is 0 Å². The zero-order chi connectivity index (χ0) is 8.81. The highest BCUT2D eigenvalue weighted by Gasteiger charge is 2.16. The summed E-state index contributed by atoms with van der Waals surface area (Å²) in [4.78, 5) is 2.52. The summed E-state index contributed by atoms with van der Waals surface area (Å²) >= 11 is 0. The average molecular weight is 168 g/mol. The van der Waals surface area contributed by atoms with Crippen LogP contribution in [0, 0.1) is 0 Å². The van der Waals surface area contributed by atoms with Gasteiger partial charge in [-0.05, 0) is 32.9 Å². The van der Waals surface area contributed by atoms with Crippen molar-refractivity contribution in [1.82, 2.24) is 10.2 Å². The van der Waals surface area contributed by atoms with E-state index in [2.05, 4.69) is 23.8 Å². The van der Waals surface area contributed by atoms with Gasteiger partial charge >= 0.3 is 0 Å². The van der Waals surface area contributed by atoms with Gasteiger partial charge in [-0.15, -0.1) is 6.58 Å². The zero-order valence-corrected chi connectivity index (χ0v) is 8.05. The summed E-state index contributed by atoms with van der Waals surface area (Å²) in [5.74, 6) is 0. The lowest BCUT2D eigenvalue weighted by molar-refractivity contribution is 0.198. The summed E-state index contributed by atoms with van der Waals surface area (Å²) in [6.07, 6.45) is 5.79. The smallest absolute Gasteiger partial charge is 0.0192 e. The van der Waals surface area contributed by atoms with Gasteiger partial charge in [0, 0.05) is 19.1 Å². The van der Waals surface area contributed by atoms with E-state index in [4.69, 9.17) is 0 Å². The van der Waals surface area contributed by atoms with E-state index in [-0.39, 0.29) is 0 Å². The van der Waals surface area contributed by atoms with Crippen molar-refractivity contribution < 1.29 is 0 Å². The highest BCUT2D eigenvalue weighted by Crippen LogP contribution is 2.09. The normalized spacial score (nSPS) is 25.6. The molecule has 2 heteroatoms. The molecule has 1 aliphatic heterocycles. The third kappa shape index (κ3) is 2.95. The first kappa shape index (κ1) is 9.75. The molecule has 0 spiro atoms. The Bertz CT molecular complexity index is 134. The van der Waals surface area contributed by atoms with E-state index in [0.29, 0.717) is 6.04 Å². The molecule has 1 saturated heterocycles. The highest BCUT2D eigenvalue weighted by molar-refractivity contribution is 4.78. The van der Waals surface area contributed by atoms with Crippen LogP contribution in [-0.4, -0.2) is 37.6 Å². The second kappa shape index (κ2) is 5.33. The molecule has 0 bridgehead atoms. The Morgan fingerprint density at radius 1 is 1.67 bits per heavy atom. The maximum Gasteiger partial charge on any atom is 0.0192 e. The molecule has 0 radical (unpaired) electrons. The number of nitrogens with one attached hydrogen (secondary N) is 1. The number of nitrogens with zero attached hydrogens (tertiary/aromatic N) is 1. The van der Waals surface area contributed by atoms with Crippen LogP contribution in [0.4, 0.5) is 0 Å². The van der Waals surface area contributed by atoms with Crippen molar-refractivity contribution in [2.24, 2.45) is 0 Å². The van der Waals surface area contributed by atoms with Crippen LogP contribution in [0.15, 0.2) is 12.7 Å². The lowest BCUT2D eigenvalue weighted by Crippen LogP contribution is -2.44. The standard InChI is InChI=1S/C10H20N2/c1-3-4-7-12-8-5-6-10(9-12)11-2/h3,10-11H,1,4-9H2,2H3. The van der Waals surface area contributed by atoms with Crippen LogP contribution in [-0.2, 0) is 0 Å². The average Bonchev–Trinajstić information content (AvgIpc) is 2.15. The molecule has 1 atom stereocenters. The Balaban J connectivity index is 2.20. The molecule has 1 rings (SSSR count). The van der Waals surface area contributed by atoms with E-state index < -0.39 is 0 Å². The van der Waals surface area contributed by atoms with Crippen LogP contribution in [0.25, 0.3) is 0 Å². The number of piperidine rings is 1. The van der Waals surface area contributed by atoms with Gasteiger partial charge in [-0.3, -0.25) is 0 Å². The van der Waals surface area contributed by atoms with E-state index in [1.165, 1.54) is 32.5 Å². The summed E-state index contributed by atoms with van der Waals surface area (Å²) < 4.78 is 0. The SMILES string of the molecule is C=CCCN1CCCC(NC)C1. The molecular formula is C10H20N2. The maximum atomic E-state index is 3.74. The van der Waals surface area contributed by atoms with Gasteiger partial charge in [-0.1, -0.05) is 6.08 Å². The van der Waals surface area contributed by atoms with Crippen LogP contribution < -0.4 is 5.32 Å². The Morgan fingerprint density at radius 3 is 3.17 bits per heavy atom. The summed E-state index contributed by atoms with van der Waals surface area (Å²) in [7, 11) is 2.06. The molecule has 0 aromatic carbocycles. The summed E-state index contributed by atoms with van der Waals surface area (Å²) in [5, 5.41) is 3.34. The molecule has 0 aliphatic carbocycles. The fourth-order valence-electron chi connectivity index (χ4n) is 1.77. The Hall–Kier alpha value is -0.340. The van der Waals surface area contributed by atoms with Gasteiger partial charge < -0.3 is 10.2 Å². The van der Waals surface area contributed by atoms with E-state index in [1.54, 1.807) is 0 Å². The van der Waals surface area contributed by atoms with Crippen LogP contribution >= 0.6 is 0 Å². The largest absolute Gasteiger partial charge is 0.316 e. The second-order valence-corrected chi connectivity index (χ2v) is 3.51. The summed E-state index contributed by atoms with van der Waals surface area (Å²) in [5.41, 5.74) is 0.